The van der Waals surface area contributed by atoms with Crippen LogP contribution in [0.2, 0.25) is 0 Å². The lowest BCUT2D eigenvalue weighted by Crippen LogP contribution is -2.58. The molecule has 3 atom stereocenters. The number of hydrogen-bond donors (Lipinski definition) is 1. The van der Waals surface area contributed by atoms with E-state index >= 15 is 0 Å². The third-order valence-corrected chi connectivity index (χ3v) is 4.84. The third kappa shape index (κ3) is 1.43. The van der Waals surface area contributed by atoms with Gasteiger partial charge in [-0.1, -0.05) is 18.2 Å². The minimum absolute atomic E-state index is 0.617. The van der Waals surface area contributed by atoms with E-state index in [1.54, 1.807) is 5.56 Å². The monoisotopic (exact) mass is 228 g/mol. The number of para-hydroxylation sites is 1. The van der Waals surface area contributed by atoms with Crippen LogP contribution in [0.4, 0.5) is 5.69 Å². The van der Waals surface area contributed by atoms with Crippen LogP contribution in [0.3, 0.4) is 0 Å². The fraction of sp³-hybridized carbons (Fsp3) is 0.600. The third-order valence-electron chi connectivity index (χ3n) is 4.84. The van der Waals surface area contributed by atoms with Gasteiger partial charge in [-0.2, -0.15) is 0 Å². The summed E-state index contributed by atoms with van der Waals surface area (Å²) in [6.45, 7) is 1.20. The quantitative estimate of drug-likeness (QED) is 0.734. The van der Waals surface area contributed by atoms with Crippen molar-refractivity contribution in [3.8, 4) is 0 Å². The zero-order valence-corrected chi connectivity index (χ0v) is 10.2. The van der Waals surface area contributed by atoms with E-state index in [9.17, 15) is 0 Å². The van der Waals surface area contributed by atoms with Gasteiger partial charge in [0.15, 0.2) is 0 Å². The van der Waals surface area contributed by atoms with Gasteiger partial charge in [0.1, 0.15) is 0 Å². The SMILES string of the molecule is c1ccc2c(c1)CC1CCC3CCCNC3N21. The lowest BCUT2D eigenvalue weighted by molar-refractivity contribution is 0.202. The van der Waals surface area contributed by atoms with Gasteiger partial charge in [-0.25, -0.2) is 0 Å². The van der Waals surface area contributed by atoms with Crippen LogP contribution in [0.25, 0.3) is 0 Å². The Morgan fingerprint density at radius 3 is 3.06 bits per heavy atom. The van der Waals surface area contributed by atoms with E-state index in [0.717, 1.165) is 12.0 Å². The second-order valence-electron chi connectivity index (χ2n) is 5.77. The Morgan fingerprint density at radius 1 is 1.12 bits per heavy atom. The molecule has 0 spiro atoms. The van der Waals surface area contributed by atoms with Gasteiger partial charge in [-0.15, -0.1) is 0 Å². The molecular formula is C15H20N2. The highest BCUT2D eigenvalue weighted by atomic mass is 15.3. The van der Waals surface area contributed by atoms with E-state index in [0.29, 0.717) is 6.17 Å². The van der Waals surface area contributed by atoms with Crippen LogP contribution < -0.4 is 10.2 Å². The van der Waals surface area contributed by atoms with E-state index in [2.05, 4.69) is 34.5 Å². The second-order valence-corrected chi connectivity index (χ2v) is 5.77. The molecule has 0 radical (unpaired) electrons. The molecule has 3 aliphatic heterocycles. The molecule has 0 aromatic heterocycles. The minimum atomic E-state index is 0.617. The molecule has 0 saturated carbocycles. The maximum absolute atomic E-state index is 3.76. The fourth-order valence-electron chi connectivity index (χ4n) is 4.08. The Labute approximate surface area is 103 Å². The summed E-state index contributed by atoms with van der Waals surface area (Å²) in [6.07, 6.45) is 7.47. The number of benzene rings is 1. The molecule has 90 valence electrons. The molecule has 0 aliphatic carbocycles. The molecule has 2 saturated heterocycles. The van der Waals surface area contributed by atoms with Gasteiger partial charge in [-0.05, 0) is 56.2 Å². The summed E-state index contributed by atoms with van der Waals surface area (Å²) in [5, 5.41) is 3.76. The number of piperidine rings is 2. The van der Waals surface area contributed by atoms with E-state index < -0.39 is 0 Å². The standard InChI is InChI=1S/C15H20N2/c1-2-6-14-12(4-1)10-13-8-7-11-5-3-9-16-15(11)17(13)14/h1-2,4,6,11,13,15-16H,3,5,7-10H2. The topological polar surface area (TPSA) is 15.3 Å². The van der Waals surface area contributed by atoms with Crippen molar-refractivity contribution in [2.45, 2.75) is 44.3 Å². The summed E-state index contributed by atoms with van der Waals surface area (Å²) in [5.41, 5.74) is 3.06. The molecule has 3 heterocycles. The first kappa shape index (κ1) is 9.95. The van der Waals surface area contributed by atoms with Crippen molar-refractivity contribution in [3.05, 3.63) is 29.8 Å². The number of fused-ring (bicyclic) bond motifs is 5. The Morgan fingerprint density at radius 2 is 2.06 bits per heavy atom. The molecule has 4 rings (SSSR count). The Bertz CT molecular complexity index is 429. The lowest BCUT2D eigenvalue weighted by atomic mass is 9.84. The Hall–Kier alpha value is -1.02. The van der Waals surface area contributed by atoms with Gasteiger partial charge in [0.05, 0.1) is 6.17 Å². The first-order chi connectivity index (χ1) is 8.43. The molecule has 3 unspecified atom stereocenters. The minimum Gasteiger partial charge on any atom is -0.352 e. The van der Waals surface area contributed by atoms with Crippen molar-refractivity contribution in [2.75, 3.05) is 11.4 Å². The van der Waals surface area contributed by atoms with Crippen LogP contribution in [-0.2, 0) is 6.42 Å². The number of nitrogens with one attached hydrogen (secondary N) is 1. The maximum Gasteiger partial charge on any atom is 0.0827 e. The zero-order valence-electron chi connectivity index (χ0n) is 10.2. The molecule has 17 heavy (non-hydrogen) atoms. The predicted molar refractivity (Wildman–Crippen MR) is 70.2 cm³/mol. The summed E-state index contributed by atoms with van der Waals surface area (Å²) in [6, 6.07) is 9.76. The zero-order chi connectivity index (χ0) is 11.2. The van der Waals surface area contributed by atoms with Crippen LogP contribution in [0.15, 0.2) is 24.3 Å². The largest absolute Gasteiger partial charge is 0.352 e. The van der Waals surface area contributed by atoms with E-state index in [4.69, 9.17) is 0 Å². The van der Waals surface area contributed by atoms with E-state index in [1.807, 2.05) is 0 Å². The van der Waals surface area contributed by atoms with Gasteiger partial charge >= 0.3 is 0 Å². The van der Waals surface area contributed by atoms with Gasteiger partial charge < -0.3 is 4.90 Å². The maximum atomic E-state index is 3.76. The number of anilines is 1. The van der Waals surface area contributed by atoms with Crippen molar-refractivity contribution < 1.29 is 0 Å². The predicted octanol–water partition coefficient (Wildman–Crippen LogP) is 2.54. The molecule has 0 bridgehead atoms. The molecule has 0 amide bonds. The van der Waals surface area contributed by atoms with E-state index in [1.165, 1.54) is 44.3 Å². The van der Waals surface area contributed by atoms with Crippen LogP contribution in [-0.4, -0.2) is 18.8 Å². The van der Waals surface area contributed by atoms with Gasteiger partial charge in [-0.3, -0.25) is 5.32 Å². The van der Waals surface area contributed by atoms with E-state index in [-0.39, 0.29) is 0 Å². The second kappa shape index (κ2) is 3.74. The summed E-state index contributed by atoms with van der Waals surface area (Å²) < 4.78 is 0. The highest BCUT2D eigenvalue weighted by Crippen LogP contribution is 2.42. The van der Waals surface area contributed by atoms with Crippen LogP contribution in [0.5, 0.6) is 0 Å². The van der Waals surface area contributed by atoms with Crippen LogP contribution in [0.1, 0.15) is 31.2 Å². The molecule has 1 aromatic rings. The number of rotatable bonds is 0. The highest BCUT2D eigenvalue weighted by molar-refractivity contribution is 5.60. The number of hydrogen-bond acceptors (Lipinski definition) is 2. The normalized spacial score (nSPS) is 35.1. The highest BCUT2D eigenvalue weighted by Gasteiger charge is 2.42. The Kier molecular flexibility index (Phi) is 2.19. The van der Waals surface area contributed by atoms with Gasteiger partial charge in [0.25, 0.3) is 0 Å². The number of nitrogens with zero attached hydrogens (tertiary/aromatic N) is 1. The van der Waals surface area contributed by atoms with Crippen LogP contribution in [0, 0.1) is 5.92 Å². The smallest absolute Gasteiger partial charge is 0.0827 e. The first-order valence-electron chi connectivity index (χ1n) is 7.03. The molecule has 2 heteroatoms. The molecule has 1 N–H and O–H groups in total. The lowest BCUT2D eigenvalue weighted by Gasteiger charge is -2.47. The molecule has 2 fully saturated rings. The average molecular weight is 228 g/mol. The van der Waals surface area contributed by atoms with Gasteiger partial charge in [0.2, 0.25) is 0 Å². The summed E-state index contributed by atoms with van der Waals surface area (Å²) in [5.74, 6) is 0.881. The fourth-order valence-corrected chi connectivity index (χ4v) is 4.08. The van der Waals surface area contributed by atoms with Crippen molar-refractivity contribution in [1.29, 1.82) is 0 Å². The van der Waals surface area contributed by atoms with Crippen molar-refractivity contribution in [2.24, 2.45) is 5.92 Å². The van der Waals surface area contributed by atoms with Crippen molar-refractivity contribution >= 4 is 5.69 Å². The summed E-state index contributed by atoms with van der Waals surface area (Å²) in [7, 11) is 0. The first-order valence-corrected chi connectivity index (χ1v) is 7.03. The summed E-state index contributed by atoms with van der Waals surface area (Å²) >= 11 is 0. The van der Waals surface area contributed by atoms with Crippen molar-refractivity contribution in [3.63, 3.8) is 0 Å². The molecule has 3 aliphatic rings. The average Bonchev–Trinajstić information content (AvgIpc) is 2.77. The van der Waals surface area contributed by atoms with Crippen molar-refractivity contribution in [1.82, 2.24) is 5.32 Å². The molecule has 1 aromatic carbocycles. The molecular weight excluding hydrogens is 208 g/mol. The summed E-state index contributed by atoms with van der Waals surface area (Å²) in [4.78, 5) is 2.70. The Balaban J connectivity index is 1.73. The van der Waals surface area contributed by atoms with Crippen LogP contribution >= 0.6 is 0 Å². The van der Waals surface area contributed by atoms with Gasteiger partial charge in [0, 0.05) is 11.7 Å². The molecule has 2 nitrogen and oxygen atoms in total.